The number of hydrogen-bond donors (Lipinski definition) is 3. The number of nitrogen functional groups attached to an aromatic ring is 1. The lowest BCUT2D eigenvalue weighted by atomic mass is 10.1. The van der Waals surface area contributed by atoms with Crippen LogP contribution in [0.25, 0.3) is 0 Å². The molecule has 0 fully saturated rings. The van der Waals surface area contributed by atoms with E-state index in [2.05, 4.69) is 11.8 Å². The van der Waals surface area contributed by atoms with Crippen molar-refractivity contribution in [1.29, 1.82) is 0 Å². The summed E-state index contributed by atoms with van der Waals surface area (Å²) in [5, 5.41) is 17.3. The van der Waals surface area contributed by atoms with E-state index in [9.17, 15) is 4.79 Å². The zero-order valence-corrected chi connectivity index (χ0v) is 8.03. The van der Waals surface area contributed by atoms with Gasteiger partial charge < -0.3 is 15.9 Å². The van der Waals surface area contributed by atoms with Crippen LogP contribution in [0.4, 0.5) is 5.69 Å². The summed E-state index contributed by atoms with van der Waals surface area (Å²) in [6.07, 6.45) is -0.196. The number of hydrogen-bond acceptors (Lipinski definition) is 3. The van der Waals surface area contributed by atoms with Crippen LogP contribution in [0, 0.1) is 11.8 Å². The van der Waals surface area contributed by atoms with E-state index >= 15 is 0 Å². The van der Waals surface area contributed by atoms with Crippen LogP contribution >= 0.6 is 0 Å². The SMILES string of the molecule is Nc1ccc(C#CCC(=O)O)cc1CO. The summed E-state index contributed by atoms with van der Waals surface area (Å²) in [7, 11) is 0. The Morgan fingerprint density at radius 2 is 2.20 bits per heavy atom. The van der Waals surface area contributed by atoms with Crippen LogP contribution < -0.4 is 5.73 Å². The van der Waals surface area contributed by atoms with Gasteiger partial charge in [0.1, 0.15) is 6.42 Å². The van der Waals surface area contributed by atoms with Gasteiger partial charge in [-0.3, -0.25) is 4.79 Å². The zero-order chi connectivity index (χ0) is 11.3. The van der Waals surface area contributed by atoms with Crippen molar-refractivity contribution in [2.75, 3.05) is 5.73 Å². The van der Waals surface area contributed by atoms with Crippen molar-refractivity contribution in [3.05, 3.63) is 29.3 Å². The van der Waals surface area contributed by atoms with E-state index < -0.39 is 5.97 Å². The minimum atomic E-state index is -0.958. The Morgan fingerprint density at radius 1 is 1.47 bits per heavy atom. The summed E-state index contributed by atoms with van der Waals surface area (Å²) in [5.41, 5.74) is 7.32. The van der Waals surface area contributed by atoms with Gasteiger partial charge in [0, 0.05) is 16.8 Å². The van der Waals surface area contributed by atoms with E-state index in [1.165, 1.54) is 0 Å². The number of nitrogens with two attached hydrogens (primary N) is 1. The van der Waals surface area contributed by atoms with Crippen molar-refractivity contribution in [2.24, 2.45) is 0 Å². The Bertz CT molecular complexity index is 429. The van der Waals surface area contributed by atoms with Crippen molar-refractivity contribution >= 4 is 11.7 Å². The smallest absolute Gasteiger partial charge is 0.315 e. The fourth-order valence-corrected chi connectivity index (χ4v) is 1.04. The zero-order valence-electron chi connectivity index (χ0n) is 8.03. The van der Waals surface area contributed by atoms with Gasteiger partial charge in [0.25, 0.3) is 0 Å². The average molecular weight is 205 g/mol. The van der Waals surface area contributed by atoms with Crippen LogP contribution in [0.3, 0.4) is 0 Å². The maximum absolute atomic E-state index is 10.2. The third-order valence-electron chi connectivity index (χ3n) is 1.79. The second kappa shape index (κ2) is 5.03. The molecule has 4 N–H and O–H groups in total. The van der Waals surface area contributed by atoms with Crippen LogP contribution in [0.5, 0.6) is 0 Å². The average Bonchev–Trinajstić information content (AvgIpc) is 2.20. The van der Waals surface area contributed by atoms with E-state index in [4.69, 9.17) is 15.9 Å². The first-order chi connectivity index (χ1) is 7.13. The molecular formula is C11H11NO3. The van der Waals surface area contributed by atoms with Crippen molar-refractivity contribution < 1.29 is 15.0 Å². The van der Waals surface area contributed by atoms with E-state index in [1.807, 2.05) is 0 Å². The first-order valence-electron chi connectivity index (χ1n) is 4.33. The molecule has 0 aliphatic heterocycles. The van der Waals surface area contributed by atoms with Gasteiger partial charge in [-0.05, 0) is 18.2 Å². The number of carbonyl (C=O) groups is 1. The molecule has 0 aliphatic rings. The predicted molar refractivity (Wildman–Crippen MR) is 55.9 cm³/mol. The van der Waals surface area contributed by atoms with Crippen LogP contribution in [0.2, 0.25) is 0 Å². The van der Waals surface area contributed by atoms with Gasteiger partial charge in [-0.25, -0.2) is 0 Å². The molecule has 4 heteroatoms. The van der Waals surface area contributed by atoms with E-state index in [-0.39, 0.29) is 13.0 Å². The van der Waals surface area contributed by atoms with Crippen LogP contribution in [-0.2, 0) is 11.4 Å². The number of benzene rings is 1. The number of anilines is 1. The molecule has 0 amide bonds. The molecular weight excluding hydrogens is 194 g/mol. The lowest BCUT2D eigenvalue weighted by molar-refractivity contribution is -0.135. The molecule has 78 valence electrons. The Labute approximate surface area is 87.3 Å². The molecule has 0 unspecified atom stereocenters. The van der Waals surface area contributed by atoms with Gasteiger partial charge in [0.2, 0.25) is 0 Å². The van der Waals surface area contributed by atoms with Crippen LogP contribution in [-0.4, -0.2) is 16.2 Å². The van der Waals surface area contributed by atoms with Crippen molar-refractivity contribution in [1.82, 2.24) is 0 Å². The third kappa shape index (κ3) is 3.33. The van der Waals surface area contributed by atoms with Gasteiger partial charge in [-0.15, -0.1) is 0 Å². The molecule has 1 aromatic rings. The number of rotatable bonds is 2. The largest absolute Gasteiger partial charge is 0.481 e. The van der Waals surface area contributed by atoms with Crippen molar-refractivity contribution in [3.63, 3.8) is 0 Å². The van der Waals surface area contributed by atoms with Crippen LogP contribution in [0.1, 0.15) is 17.5 Å². The Balaban J connectivity index is 2.85. The van der Waals surface area contributed by atoms with Crippen molar-refractivity contribution in [2.45, 2.75) is 13.0 Å². The summed E-state index contributed by atoms with van der Waals surface area (Å²) in [6, 6.07) is 4.96. The van der Waals surface area contributed by atoms with E-state index in [1.54, 1.807) is 18.2 Å². The topological polar surface area (TPSA) is 83.6 Å². The number of aliphatic carboxylic acids is 1. The third-order valence-corrected chi connectivity index (χ3v) is 1.79. The fraction of sp³-hybridized carbons (Fsp3) is 0.182. The molecule has 1 rings (SSSR count). The molecule has 0 aliphatic carbocycles. The molecule has 0 spiro atoms. The number of carboxylic acids is 1. The van der Waals surface area contributed by atoms with E-state index in [0.29, 0.717) is 16.8 Å². The van der Waals surface area contributed by atoms with Crippen LogP contribution in [0.15, 0.2) is 18.2 Å². The highest BCUT2D eigenvalue weighted by Crippen LogP contribution is 2.13. The molecule has 15 heavy (non-hydrogen) atoms. The second-order valence-electron chi connectivity index (χ2n) is 2.94. The van der Waals surface area contributed by atoms with Gasteiger partial charge in [0.15, 0.2) is 0 Å². The summed E-state index contributed by atoms with van der Waals surface area (Å²) in [6.45, 7) is -0.152. The molecule has 0 aromatic heterocycles. The first kappa shape index (κ1) is 11.1. The maximum atomic E-state index is 10.2. The van der Waals surface area contributed by atoms with Gasteiger partial charge in [0.05, 0.1) is 6.61 Å². The molecule has 0 saturated carbocycles. The summed E-state index contributed by atoms with van der Waals surface area (Å²) in [5.74, 6) is 4.22. The quantitative estimate of drug-likeness (QED) is 0.487. The predicted octanol–water partition coefficient (Wildman–Crippen LogP) is 0.587. The summed E-state index contributed by atoms with van der Waals surface area (Å²) >= 11 is 0. The molecule has 0 atom stereocenters. The number of aliphatic hydroxyl groups excluding tert-OH is 1. The van der Waals surface area contributed by atoms with E-state index in [0.717, 1.165) is 0 Å². The highest BCUT2D eigenvalue weighted by Gasteiger charge is 1.97. The lowest BCUT2D eigenvalue weighted by Crippen LogP contribution is -1.94. The standard InChI is InChI=1S/C11H11NO3/c12-10-5-4-8(6-9(10)7-13)2-1-3-11(14)15/h4-6,13H,3,7,12H2,(H,14,15). The van der Waals surface area contributed by atoms with Gasteiger partial charge >= 0.3 is 5.97 Å². The number of carboxylic acid groups (broad SMARTS) is 1. The molecule has 0 saturated heterocycles. The molecule has 4 nitrogen and oxygen atoms in total. The molecule has 0 bridgehead atoms. The van der Waals surface area contributed by atoms with Crippen molar-refractivity contribution in [3.8, 4) is 11.8 Å². The fourth-order valence-electron chi connectivity index (χ4n) is 1.04. The maximum Gasteiger partial charge on any atom is 0.315 e. The monoisotopic (exact) mass is 205 g/mol. The highest BCUT2D eigenvalue weighted by molar-refractivity contribution is 5.70. The highest BCUT2D eigenvalue weighted by atomic mass is 16.4. The van der Waals surface area contributed by atoms with Gasteiger partial charge in [-0.1, -0.05) is 11.8 Å². The second-order valence-corrected chi connectivity index (χ2v) is 2.94. The Kier molecular flexibility index (Phi) is 3.72. The summed E-state index contributed by atoms with van der Waals surface area (Å²) in [4.78, 5) is 10.2. The molecule has 0 heterocycles. The van der Waals surface area contributed by atoms with Gasteiger partial charge in [-0.2, -0.15) is 0 Å². The minimum Gasteiger partial charge on any atom is -0.481 e. The Morgan fingerprint density at radius 3 is 2.80 bits per heavy atom. The molecule has 0 radical (unpaired) electrons. The minimum absolute atomic E-state index is 0.152. The molecule has 1 aromatic carbocycles. The Hall–Kier alpha value is -1.99. The number of aliphatic hydroxyl groups is 1. The normalized spacial score (nSPS) is 9.13. The first-order valence-corrected chi connectivity index (χ1v) is 4.33. The lowest BCUT2D eigenvalue weighted by Gasteiger charge is -2.01. The summed E-state index contributed by atoms with van der Waals surface area (Å²) < 4.78 is 0.